The predicted octanol–water partition coefficient (Wildman–Crippen LogP) is 1.15. The highest BCUT2D eigenvalue weighted by Crippen LogP contribution is 2.30. The van der Waals surface area contributed by atoms with Gasteiger partial charge < -0.3 is 24.7 Å². The van der Waals surface area contributed by atoms with Crippen LogP contribution >= 0.6 is 0 Å². The Morgan fingerprint density at radius 2 is 2.35 bits per heavy atom. The van der Waals surface area contributed by atoms with E-state index in [0.29, 0.717) is 42.1 Å². The summed E-state index contributed by atoms with van der Waals surface area (Å²) in [5, 5.41) is 3.17. The summed E-state index contributed by atoms with van der Waals surface area (Å²) in [4.78, 5) is 32.9. The van der Waals surface area contributed by atoms with Gasteiger partial charge in [0.25, 0.3) is 5.56 Å². The van der Waals surface area contributed by atoms with Crippen LogP contribution in [-0.4, -0.2) is 60.7 Å². The minimum atomic E-state index is -0.293. The van der Waals surface area contributed by atoms with Crippen molar-refractivity contribution in [2.75, 3.05) is 39.2 Å². The molecular formula is C18H22N4O4. The fourth-order valence-electron chi connectivity index (χ4n) is 2.62. The van der Waals surface area contributed by atoms with Gasteiger partial charge in [0, 0.05) is 25.1 Å². The van der Waals surface area contributed by atoms with Crippen molar-refractivity contribution < 1.29 is 14.3 Å². The van der Waals surface area contributed by atoms with E-state index in [1.807, 2.05) is 19.0 Å². The maximum Gasteiger partial charge on any atom is 0.258 e. The van der Waals surface area contributed by atoms with Crippen LogP contribution in [0.15, 0.2) is 35.4 Å². The van der Waals surface area contributed by atoms with E-state index in [-0.39, 0.29) is 17.6 Å². The molecule has 1 aliphatic heterocycles. The van der Waals surface area contributed by atoms with Crippen LogP contribution in [0.3, 0.4) is 0 Å². The lowest BCUT2D eigenvalue weighted by Crippen LogP contribution is -2.18. The van der Waals surface area contributed by atoms with Crippen LogP contribution in [0.25, 0.3) is 10.9 Å². The second-order valence-electron chi connectivity index (χ2n) is 6.35. The van der Waals surface area contributed by atoms with Gasteiger partial charge in [-0.3, -0.25) is 9.59 Å². The molecule has 138 valence electrons. The van der Waals surface area contributed by atoms with Crippen molar-refractivity contribution in [1.82, 2.24) is 14.9 Å². The number of carbonyl (C=O) groups is 1. The van der Waals surface area contributed by atoms with Crippen molar-refractivity contribution >= 4 is 22.5 Å². The molecule has 0 unspecified atom stereocenters. The van der Waals surface area contributed by atoms with Crippen molar-refractivity contribution in [3.8, 4) is 5.75 Å². The minimum absolute atomic E-state index is 0.0885. The fourth-order valence-corrected chi connectivity index (χ4v) is 2.62. The third-order valence-electron chi connectivity index (χ3n) is 3.92. The summed E-state index contributed by atoms with van der Waals surface area (Å²) in [6.07, 6.45) is 5.25. The minimum Gasteiger partial charge on any atom is -0.486 e. The molecule has 8 nitrogen and oxygen atoms in total. The number of ether oxygens (including phenoxy) is 2. The summed E-state index contributed by atoms with van der Waals surface area (Å²) >= 11 is 0. The second-order valence-corrected chi connectivity index (χ2v) is 6.35. The van der Waals surface area contributed by atoms with Crippen molar-refractivity contribution in [3.63, 3.8) is 0 Å². The molecule has 1 aromatic carbocycles. The van der Waals surface area contributed by atoms with Gasteiger partial charge in [-0.2, -0.15) is 0 Å². The van der Waals surface area contributed by atoms with Crippen LogP contribution in [0.2, 0.25) is 0 Å². The summed E-state index contributed by atoms with van der Waals surface area (Å²) in [6, 6.07) is 3.26. The Bertz CT molecular complexity index is 869. The van der Waals surface area contributed by atoms with E-state index in [1.54, 1.807) is 18.2 Å². The van der Waals surface area contributed by atoms with E-state index in [1.165, 1.54) is 12.4 Å². The average molecular weight is 358 g/mol. The topological polar surface area (TPSA) is 96.6 Å². The van der Waals surface area contributed by atoms with E-state index < -0.39 is 0 Å². The average Bonchev–Trinajstić information content (AvgIpc) is 3.09. The number of anilines is 1. The Kier molecular flexibility index (Phi) is 5.65. The molecule has 1 saturated heterocycles. The lowest BCUT2D eigenvalue weighted by atomic mass is 10.2. The molecule has 2 heterocycles. The van der Waals surface area contributed by atoms with Crippen molar-refractivity contribution in [2.45, 2.75) is 12.5 Å². The summed E-state index contributed by atoms with van der Waals surface area (Å²) in [5.41, 5.74) is 0.663. The highest BCUT2D eigenvalue weighted by Gasteiger charge is 2.20. The molecular weight excluding hydrogens is 336 g/mol. The van der Waals surface area contributed by atoms with Crippen molar-refractivity contribution in [2.24, 2.45) is 0 Å². The molecule has 26 heavy (non-hydrogen) atoms. The van der Waals surface area contributed by atoms with Gasteiger partial charge in [0.05, 0.1) is 36.1 Å². The molecule has 1 aromatic heterocycles. The largest absolute Gasteiger partial charge is 0.486 e. The number of carbonyl (C=O) groups excluding carboxylic acids is 1. The number of hydrogen-bond acceptors (Lipinski definition) is 6. The molecule has 2 aromatic rings. The number of benzene rings is 1. The molecule has 0 aliphatic carbocycles. The maximum absolute atomic E-state index is 12.2. The molecule has 1 aliphatic rings. The van der Waals surface area contributed by atoms with Gasteiger partial charge in [0.2, 0.25) is 5.91 Å². The predicted molar refractivity (Wildman–Crippen MR) is 98.5 cm³/mol. The molecule has 1 atom stereocenters. The third kappa shape index (κ3) is 4.47. The van der Waals surface area contributed by atoms with Crippen molar-refractivity contribution in [3.05, 3.63) is 41.0 Å². The third-order valence-corrected chi connectivity index (χ3v) is 3.92. The summed E-state index contributed by atoms with van der Waals surface area (Å²) in [7, 11) is 3.83. The smallest absolute Gasteiger partial charge is 0.258 e. The first-order valence-electron chi connectivity index (χ1n) is 8.41. The number of nitrogens with one attached hydrogen (secondary N) is 2. The van der Waals surface area contributed by atoms with Gasteiger partial charge in [0.1, 0.15) is 11.9 Å². The van der Waals surface area contributed by atoms with Crippen LogP contribution in [0.1, 0.15) is 6.42 Å². The number of aromatic nitrogens is 2. The monoisotopic (exact) mass is 358 g/mol. The second kappa shape index (κ2) is 8.11. The first kappa shape index (κ1) is 18.1. The number of likely N-dealkylation sites (N-methyl/N-ethyl adjacent to an activating group) is 1. The first-order valence-corrected chi connectivity index (χ1v) is 8.41. The number of hydrogen-bond donors (Lipinski definition) is 2. The van der Waals surface area contributed by atoms with Gasteiger partial charge >= 0.3 is 0 Å². The van der Waals surface area contributed by atoms with E-state index in [0.717, 1.165) is 6.42 Å². The number of H-pyrrole nitrogens is 1. The highest BCUT2D eigenvalue weighted by atomic mass is 16.5. The maximum atomic E-state index is 12.2. The Balaban J connectivity index is 1.89. The molecule has 3 rings (SSSR count). The standard InChI is InChI=1S/C18H22N4O4/c1-22(2)6-3-4-17(23)21-15-8-13-14(19-11-20-18(13)24)9-16(15)26-12-5-7-25-10-12/h3-4,8-9,11-12H,5-7,10H2,1-2H3,(H,21,23)(H,19,20,24)/t12-/m0/s1. The first-order chi connectivity index (χ1) is 12.5. The van der Waals surface area contributed by atoms with Crippen LogP contribution in [-0.2, 0) is 9.53 Å². The lowest BCUT2D eigenvalue weighted by Gasteiger charge is -2.16. The van der Waals surface area contributed by atoms with E-state index in [9.17, 15) is 9.59 Å². The zero-order valence-corrected chi connectivity index (χ0v) is 14.8. The Hall–Kier alpha value is -2.71. The van der Waals surface area contributed by atoms with Crippen LogP contribution in [0.4, 0.5) is 5.69 Å². The Labute approximate surface area is 150 Å². The number of aromatic amines is 1. The van der Waals surface area contributed by atoms with Crippen LogP contribution in [0, 0.1) is 0 Å². The number of fused-ring (bicyclic) bond motifs is 1. The number of rotatable bonds is 6. The molecule has 1 amide bonds. The van der Waals surface area contributed by atoms with Gasteiger partial charge in [-0.15, -0.1) is 0 Å². The molecule has 2 N–H and O–H groups in total. The molecule has 0 bridgehead atoms. The van der Waals surface area contributed by atoms with Gasteiger partial charge in [0.15, 0.2) is 0 Å². The quantitative estimate of drug-likeness (QED) is 0.752. The van der Waals surface area contributed by atoms with Crippen LogP contribution in [0.5, 0.6) is 5.75 Å². The van der Waals surface area contributed by atoms with Gasteiger partial charge in [-0.1, -0.05) is 6.08 Å². The van der Waals surface area contributed by atoms with Gasteiger partial charge in [-0.25, -0.2) is 4.98 Å². The summed E-state index contributed by atoms with van der Waals surface area (Å²) < 4.78 is 11.3. The number of amides is 1. The molecule has 0 spiro atoms. The number of nitrogens with zero attached hydrogens (tertiary/aromatic N) is 2. The van der Waals surface area contributed by atoms with E-state index in [4.69, 9.17) is 9.47 Å². The Morgan fingerprint density at radius 1 is 1.50 bits per heavy atom. The van der Waals surface area contributed by atoms with Crippen LogP contribution < -0.4 is 15.6 Å². The molecule has 0 radical (unpaired) electrons. The van der Waals surface area contributed by atoms with Crippen molar-refractivity contribution in [1.29, 1.82) is 0 Å². The zero-order valence-electron chi connectivity index (χ0n) is 14.8. The molecule has 1 fully saturated rings. The Morgan fingerprint density at radius 3 is 3.08 bits per heavy atom. The fraction of sp³-hybridized carbons (Fsp3) is 0.389. The van der Waals surface area contributed by atoms with Gasteiger partial charge in [-0.05, 0) is 20.2 Å². The lowest BCUT2D eigenvalue weighted by molar-refractivity contribution is -0.111. The molecule has 0 saturated carbocycles. The zero-order chi connectivity index (χ0) is 18.5. The van der Waals surface area contributed by atoms with E-state index >= 15 is 0 Å². The SMILES string of the molecule is CN(C)CC=CC(=O)Nc1cc2c(=O)[nH]cnc2cc1O[C@H]1CCOC1. The highest BCUT2D eigenvalue weighted by molar-refractivity contribution is 6.02. The molecule has 8 heteroatoms. The van der Waals surface area contributed by atoms with E-state index in [2.05, 4.69) is 15.3 Å². The normalized spacial score (nSPS) is 17.3. The summed E-state index contributed by atoms with van der Waals surface area (Å²) in [6.45, 7) is 1.79. The summed E-state index contributed by atoms with van der Waals surface area (Å²) in [5.74, 6) is 0.180.